The quantitative estimate of drug-likeness (QED) is 0.589. The first-order valence-corrected chi connectivity index (χ1v) is 5.32. The van der Waals surface area contributed by atoms with Crippen LogP contribution in [0.5, 0.6) is 0 Å². The van der Waals surface area contributed by atoms with Gasteiger partial charge in [-0.3, -0.25) is 0 Å². The zero-order valence-corrected chi connectivity index (χ0v) is 9.65. The zero-order chi connectivity index (χ0) is 10.2. The van der Waals surface area contributed by atoms with Crippen molar-refractivity contribution >= 4 is 0 Å². The Morgan fingerprint density at radius 2 is 1.92 bits per heavy atom. The minimum atomic E-state index is 0.434. The first kappa shape index (κ1) is 12.9. The summed E-state index contributed by atoms with van der Waals surface area (Å²) in [7, 11) is 1.77. The van der Waals surface area contributed by atoms with Crippen LogP contribution in [0.15, 0.2) is 0 Å². The molecule has 0 aromatic carbocycles. The van der Waals surface area contributed by atoms with Crippen molar-refractivity contribution in [2.45, 2.75) is 40.0 Å². The molecule has 0 saturated heterocycles. The van der Waals surface area contributed by atoms with Gasteiger partial charge in [0.15, 0.2) is 0 Å². The second kappa shape index (κ2) is 7.34. The highest BCUT2D eigenvalue weighted by molar-refractivity contribution is 4.70. The van der Waals surface area contributed by atoms with Gasteiger partial charge in [-0.15, -0.1) is 0 Å². The highest BCUT2D eigenvalue weighted by Gasteiger charge is 2.15. The van der Waals surface area contributed by atoms with Gasteiger partial charge in [-0.05, 0) is 24.8 Å². The molecule has 0 heterocycles. The summed E-state index contributed by atoms with van der Waals surface area (Å²) in [5.74, 6) is 0. The second-order valence-corrected chi connectivity index (χ2v) is 4.39. The number of ether oxygens (including phenoxy) is 1. The van der Waals surface area contributed by atoms with E-state index in [0.29, 0.717) is 5.41 Å². The van der Waals surface area contributed by atoms with E-state index in [2.05, 4.69) is 26.1 Å². The maximum atomic E-state index is 5.02. The molecule has 13 heavy (non-hydrogen) atoms. The summed E-state index contributed by atoms with van der Waals surface area (Å²) < 4.78 is 5.02. The van der Waals surface area contributed by atoms with Gasteiger partial charge in [0, 0.05) is 20.3 Å². The maximum Gasteiger partial charge on any atom is 0.0462 e. The van der Waals surface area contributed by atoms with E-state index in [4.69, 9.17) is 4.74 Å². The Balaban J connectivity index is 3.39. The van der Waals surface area contributed by atoms with Gasteiger partial charge in [-0.2, -0.15) is 0 Å². The SMILES string of the molecule is CCNCC(C)(C)CCCCOC. The van der Waals surface area contributed by atoms with E-state index in [1.807, 2.05) is 0 Å². The monoisotopic (exact) mass is 187 g/mol. The normalized spacial score (nSPS) is 12.0. The summed E-state index contributed by atoms with van der Waals surface area (Å²) in [6.07, 6.45) is 3.74. The summed E-state index contributed by atoms with van der Waals surface area (Å²) in [6, 6.07) is 0. The highest BCUT2D eigenvalue weighted by Crippen LogP contribution is 2.21. The van der Waals surface area contributed by atoms with Crippen LogP contribution < -0.4 is 5.32 Å². The van der Waals surface area contributed by atoms with Crippen LogP contribution in [0.3, 0.4) is 0 Å². The van der Waals surface area contributed by atoms with Crippen molar-refractivity contribution in [3.05, 3.63) is 0 Å². The van der Waals surface area contributed by atoms with Crippen molar-refractivity contribution in [2.75, 3.05) is 26.8 Å². The zero-order valence-electron chi connectivity index (χ0n) is 9.65. The minimum Gasteiger partial charge on any atom is -0.385 e. The Morgan fingerprint density at radius 3 is 2.46 bits per heavy atom. The van der Waals surface area contributed by atoms with E-state index in [1.54, 1.807) is 7.11 Å². The smallest absolute Gasteiger partial charge is 0.0462 e. The van der Waals surface area contributed by atoms with Gasteiger partial charge in [0.05, 0.1) is 0 Å². The minimum absolute atomic E-state index is 0.434. The average molecular weight is 187 g/mol. The van der Waals surface area contributed by atoms with Gasteiger partial charge in [0.25, 0.3) is 0 Å². The van der Waals surface area contributed by atoms with E-state index in [9.17, 15) is 0 Å². The van der Waals surface area contributed by atoms with Crippen LogP contribution in [0.4, 0.5) is 0 Å². The van der Waals surface area contributed by atoms with Crippen molar-refractivity contribution in [1.29, 1.82) is 0 Å². The molecule has 0 unspecified atom stereocenters. The molecular formula is C11H25NO. The van der Waals surface area contributed by atoms with E-state index in [0.717, 1.165) is 19.7 Å². The molecule has 0 saturated carbocycles. The van der Waals surface area contributed by atoms with Crippen LogP contribution in [0.1, 0.15) is 40.0 Å². The molecule has 0 aliphatic carbocycles. The fraction of sp³-hybridized carbons (Fsp3) is 1.00. The van der Waals surface area contributed by atoms with E-state index < -0.39 is 0 Å². The Kier molecular flexibility index (Phi) is 7.29. The fourth-order valence-corrected chi connectivity index (χ4v) is 1.40. The summed E-state index contributed by atoms with van der Waals surface area (Å²) in [4.78, 5) is 0. The third-order valence-corrected chi connectivity index (χ3v) is 2.31. The lowest BCUT2D eigenvalue weighted by Gasteiger charge is -2.24. The predicted molar refractivity (Wildman–Crippen MR) is 58.1 cm³/mol. The number of rotatable bonds is 8. The predicted octanol–water partition coefficient (Wildman–Crippen LogP) is 2.44. The molecule has 80 valence electrons. The number of hydrogen-bond donors (Lipinski definition) is 1. The largest absolute Gasteiger partial charge is 0.385 e. The van der Waals surface area contributed by atoms with E-state index in [-0.39, 0.29) is 0 Å². The van der Waals surface area contributed by atoms with Crippen molar-refractivity contribution in [1.82, 2.24) is 5.32 Å². The average Bonchev–Trinajstić information content (AvgIpc) is 2.09. The van der Waals surface area contributed by atoms with E-state index in [1.165, 1.54) is 19.3 Å². The topological polar surface area (TPSA) is 21.3 Å². The summed E-state index contributed by atoms with van der Waals surface area (Å²) in [6.45, 7) is 9.89. The van der Waals surface area contributed by atoms with Gasteiger partial charge >= 0.3 is 0 Å². The highest BCUT2D eigenvalue weighted by atomic mass is 16.5. The van der Waals surface area contributed by atoms with Crippen LogP contribution in [0, 0.1) is 5.41 Å². The molecule has 0 spiro atoms. The first-order chi connectivity index (χ1) is 6.12. The van der Waals surface area contributed by atoms with Crippen molar-refractivity contribution in [3.8, 4) is 0 Å². The third kappa shape index (κ3) is 8.26. The molecule has 2 heteroatoms. The van der Waals surface area contributed by atoms with Crippen molar-refractivity contribution in [3.63, 3.8) is 0 Å². The third-order valence-electron chi connectivity index (χ3n) is 2.31. The van der Waals surface area contributed by atoms with Gasteiger partial charge in [0.1, 0.15) is 0 Å². The lowest BCUT2D eigenvalue weighted by Crippen LogP contribution is -2.29. The van der Waals surface area contributed by atoms with Crippen LogP contribution >= 0.6 is 0 Å². The van der Waals surface area contributed by atoms with Gasteiger partial charge in [-0.25, -0.2) is 0 Å². The molecule has 0 aliphatic heterocycles. The molecule has 0 aliphatic rings. The Bertz CT molecular complexity index is 113. The number of nitrogens with one attached hydrogen (secondary N) is 1. The molecule has 0 fully saturated rings. The fourth-order valence-electron chi connectivity index (χ4n) is 1.40. The Hall–Kier alpha value is -0.0800. The molecule has 0 aromatic heterocycles. The standard InChI is InChI=1S/C11H25NO/c1-5-12-10-11(2,3)8-6-7-9-13-4/h12H,5-10H2,1-4H3. The molecule has 2 nitrogen and oxygen atoms in total. The molecule has 1 N–H and O–H groups in total. The number of hydrogen-bond acceptors (Lipinski definition) is 2. The molecule has 0 radical (unpaired) electrons. The lowest BCUT2D eigenvalue weighted by atomic mass is 9.87. The second-order valence-electron chi connectivity index (χ2n) is 4.39. The Labute approximate surface area is 83.1 Å². The van der Waals surface area contributed by atoms with Crippen molar-refractivity contribution in [2.24, 2.45) is 5.41 Å². The molecular weight excluding hydrogens is 162 g/mol. The van der Waals surface area contributed by atoms with Crippen molar-refractivity contribution < 1.29 is 4.74 Å². The molecule has 0 aromatic rings. The van der Waals surface area contributed by atoms with Crippen LogP contribution in [-0.2, 0) is 4.74 Å². The number of methoxy groups -OCH3 is 1. The molecule has 0 amide bonds. The van der Waals surface area contributed by atoms with Gasteiger partial charge < -0.3 is 10.1 Å². The summed E-state index contributed by atoms with van der Waals surface area (Å²) in [5.41, 5.74) is 0.434. The van der Waals surface area contributed by atoms with Crippen LogP contribution in [-0.4, -0.2) is 26.8 Å². The molecule has 0 bridgehead atoms. The summed E-state index contributed by atoms with van der Waals surface area (Å²) in [5, 5.41) is 3.40. The molecule has 0 rings (SSSR count). The van der Waals surface area contributed by atoms with Gasteiger partial charge in [-0.1, -0.05) is 27.2 Å². The van der Waals surface area contributed by atoms with Crippen LogP contribution in [0.2, 0.25) is 0 Å². The number of unbranched alkanes of at least 4 members (excludes halogenated alkanes) is 1. The van der Waals surface area contributed by atoms with E-state index >= 15 is 0 Å². The summed E-state index contributed by atoms with van der Waals surface area (Å²) >= 11 is 0. The first-order valence-electron chi connectivity index (χ1n) is 5.32. The van der Waals surface area contributed by atoms with Crippen LogP contribution in [0.25, 0.3) is 0 Å². The maximum absolute atomic E-state index is 5.02. The van der Waals surface area contributed by atoms with Gasteiger partial charge in [0.2, 0.25) is 0 Å². The molecule has 0 atom stereocenters. The Morgan fingerprint density at radius 1 is 1.23 bits per heavy atom. The lowest BCUT2D eigenvalue weighted by molar-refractivity contribution is 0.185.